The van der Waals surface area contributed by atoms with Gasteiger partial charge in [0.2, 0.25) is 0 Å². The Bertz CT molecular complexity index is 475. The zero-order valence-electron chi connectivity index (χ0n) is 11.3. The maximum atomic E-state index is 12.5. The predicted molar refractivity (Wildman–Crippen MR) is 80.0 cm³/mol. The number of rotatable bonds is 2. The van der Waals surface area contributed by atoms with Gasteiger partial charge in [0.15, 0.2) is 0 Å². The Labute approximate surface area is 124 Å². The van der Waals surface area contributed by atoms with Crippen LogP contribution in [0.15, 0.2) is 18.2 Å². The zero-order chi connectivity index (χ0) is 14.0. The third kappa shape index (κ3) is 3.24. The molecule has 4 heteroatoms. The summed E-state index contributed by atoms with van der Waals surface area (Å²) in [5.74, 6) is 0.506. The largest absolute Gasteiger partial charge is 0.338 e. The van der Waals surface area contributed by atoms with E-state index in [1.54, 1.807) is 18.2 Å². The Hall–Kier alpha value is -0.730. The van der Waals surface area contributed by atoms with Gasteiger partial charge in [-0.2, -0.15) is 0 Å². The quantitative estimate of drug-likeness (QED) is 0.779. The summed E-state index contributed by atoms with van der Waals surface area (Å²) in [4.78, 5) is 14.4. The van der Waals surface area contributed by atoms with Crippen molar-refractivity contribution >= 4 is 29.1 Å². The Morgan fingerprint density at radius 3 is 2.63 bits per heavy atom. The minimum absolute atomic E-state index is 0.0359. The fourth-order valence-electron chi connectivity index (χ4n) is 2.87. The van der Waals surface area contributed by atoms with E-state index in [1.807, 2.05) is 11.9 Å². The smallest absolute Gasteiger partial charge is 0.255 e. The fraction of sp³-hybridized carbons (Fsp3) is 0.533. The van der Waals surface area contributed by atoms with E-state index in [2.05, 4.69) is 6.92 Å². The molecule has 0 saturated heterocycles. The minimum atomic E-state index is -0.0359. The molecule has 0 spiro atoms. The van der Waals surface area contributed by atoms with E-state index in [1.165, 1.54) is 19.3 Å². The SMILES string of the molecule is CC1CCCCC1N(C)C(=O)c1cc(Cl)ccc1Cl. The molecule has 1 aromatic rings. The van der Waals surface area contributed by atoms with Crippen LogP contribution in [-0.2, 0) is 0 Å². The number of amides is 1. The minimum Gasteiger partial charge on any atom is -0.338 e. The van der Waals surface area contributed by atoms with Gasteiger partial charge in [-0.15, -0.1) is 0 Å². The van der Waals surface area contributed by atoms with Gasteiger partial charge in [-0.1, -0.05) is 43.0 Å². The highest BCUT2D eigenvalue weighted by Gasteiger charge is 2.29. The highest BCUT2D eigenvalue weighted by molar-refractivity contribution is 6.35. The van der Waals surface area contributed by atoms with Gasteiger partial charge in [-0.05, 0) is 37.0 Å². The van der Waals surface area contributed by atoms with Gasteiger partial charge in [-0.25, -0.2) is 0 Å². The van der Waals surface area contributed by atoms with Crippen molar-refractivity contribution in [2.24, 2.45) is 5.92 Å². The van der Waals surface area contributed by atoms with Crippen molar-refractivity contribution < 1.29 is 4.79 Å². The number of carbonyl (C=O) groups excluding carboxylic acids is 1. The number of hydrogen-bond acceptors (Lipinski definition) is 1. The van der Waals surface area contributed by atoms with Crippen molar-refractivity contribution in [2.75, 3.05) is 7.05 Å². The second-order valence-corrected chi connectivity index (χ2v) is 6.21. The molecule has 1 aromatic carbocycles. The summed E-state index contributed by atoms with van der Waals surface area (Å²) < 4.78 is 0. The van der Waals surface area contributed by atoms with Crippen LogP contribution in [0.1, 0.15) is 43.0 Å². The Morgan fingerprint density at radius 1 is 1.26 bits per heavy atom. The molecule has 2 atom stereocenters. The maximum absolute atomic E-state index is 12.5. The van der Waals surface area contributed by atoms with E-state index in [0.29, 0.717) is 27.6 Å². The topological polar surface area (TPSA) is 20.3 Å². The van der Waals surface area contributed by atoms with Gasteiger partial charge in [0, 0.05) is 18.1 Å². The first-order valence-electron chi connectivity index (χ1n) is 6.73. The molecular weight excluding hydrogens is 281 g/mol. The number of halogens is 2. The summed E-state index contributed by atoms with van der Waals surface area (Å²) in [6, 6.07) is 5.33. The second-order valence-electron chi connectivity index (χ2n) is 5.37. The van der Waals surface area contributed by atoms with Crippen LogP contribution in [0.5, 0.6) is 0 Å². The molecule has 0 aromatic heterocycles. The van der Waals surface area contributed by atoms with Crippen molar-refractivity contribution in [1.82, 2.24) is 4.90 Å². The van der Waals surface area contributed by atoms with E-state index < -0.39 is 0 Å². The third-order valence-electron chi connectivity index (χ3n) is 4.04. The van der Waals surface area contributed by atoms with Gasteiger partial charge in [-0.3, -0.25) is 4.79 Å². The van der Waals surface area contributed by atoms with E-state index in [-0.39, 0.29) is 5.91 Å². The lowest BCUT2D eigenvalue weighted by atomic mass is 9.85. The predicted octanol–water partition coefficient (Wildman–Crippen LogP) is 4.64. The van der Waals surface area contributed by atoms with Gasteiger partial charge < -0.3 is 4.90 Å². The van der Waals surface area contributed by atoms with Gasteiger partial charge >= 0.3 is 0 Å². The van der Waals surface area contributed by atoms with Gasteiger partial charge in [0.05, 0.1) is 10.6 Å². The maximum Gasteiger partial charge on any atom is 0.255 e. The van der Waals surface area contributed by atoms with Crippen LogP contribution < -0.4 is 0 Å². The molecule has 0 bridgehead atoms. The Balaban J connectivity index is 2.20. The zero-order valence-corrected chi connectivity index (χ0v) is 12.8. The summed E-state index contributed by atoms with van der Waals surface area (Å²) in [7, 11) is 1.87. The number of carbonyl (C=O) groups is 1. The summed E-state index contributed by atoms with van der Waals surface area (Å²) in [5.41, 5.74) is 0.495. The summed E-state index contributed by atoms with van der Waals surface area (Å²) in [6.07, 6.45) is 4.71. The number of hydrogen-bond donors (Lipinski definition) is 0. The van der Waals surface area contributed by atoms with Gasteiger partial charge in [0.25, 0.3) is 5.91 Å². The first-order chi connectivity index (χ1) is 9.00. The Morgan fingerprint density at radius 2 is 1.95 bits per heavy atom. The normalized spacial score (nSPS) is 23.2. The standard InChI is InChI=1S/C15H19Cl2NO/c1-10-5-3-4-6-14(10)18(2)15(19)12-9-11(16)7-8-13(12)17/h7-10,14H,3-6H2,1-2H3. The molecule has 1 aliphatic carbocycles. The van der Waals surface area contributed by atoms with Crippen LogP contribution in [0.4, 0.5) is 0 Å². The molecule has 19 heavy (non-hydrogen) atoms. The first-order valence-corrected chi connectivity index (χ1v) is 7.48. The number of nitrogens with zero attached hydrogens (tertiary/aromatic N) is 1. The molecule has 2 nitrogen and oxygen atoms in total. The average Bonchev–Trinajstić information content (AvgIpc) is 2.40. The molecule has 104 valence electrons. The molecule has 0 aliphatic heterocycles. The lowest BCUT2D eigenvalue weighted by molar-refractivity contribution is 0.0629. The molecule has 0 heterocycles. The molecular formula is C15H19Cl2NO. The second kappa shape index (κ2) is 6.15. The third-order valence-corrected chi connectivity index (χ3v) is 4.61. The van der Waals surface area contributed by atoms with Crippen LogP contribution in [0, 0.1) is 5.92 Å². The van der Waals surface area contributed by atoms with Crippen molar-refractivity contribution in [3.05, 3.63) is 33.8 Å². The highest BCUT2D eigenvalue weighted by atomic mass is 35.5. The van der Waals surface area contributed by atoms with E-state index in [4.69, 9.17) is 23.2 Å². The Kier molecular flexibility index (Phi) is 4.75. The van der Waals surface area contributed by atoms with Crippen LogP contribution in [-0.4, -0.2) is 23.9 Å². The molecule has 1 aliphatic rings. The van der Waals surface area contributed by atoms with Crippen LogP contribution in [0.3, 0.4) is 0 Å². The fourth-order valence-corrected chi connectivity index (χ4v) is 3.24. The molecule has 1 saturated carbocycles. The summed E-state index contributed by atoms with van der Waals surface area (Å²) in [5, 5.41) is 1.00. The van der Waals surface area contributed by atoms with Crippen molar-refractivity contribution in [2.45, 2.75) is 38.6 Å². The first kappa shape index (κ1) is 14.7. The van der Waals surface area contributed by atoms with Crippen LogP contribution in [0.2, 0.25) is 10.0 Å². The summed E-state index contributed by atoms with van der Waals surface area (Å²) >= 11 is 12.1. The van der Waals surface area contributed by atoms with Crippen molar-refractivity contribution in [1.29, 1.82) is 0 Å². The molecule has 2 unspecified atom stereocenters. The van der Waals surface area contributed by atoms with E-state index >= 15 is 0 Å². The molecule has 0 N–H and O–H groups in total. The van der Waals surface area contributed by atoms with Crippen LogP contribution in [0.25, 0.3) is 0 Å². The van der Waals surface area contributed by atoms with Crippen molar-refractivity contribution in [3.8, 4) is 0 Å². The van der Waals surface area contributed by atoms with E-state index in [9.17, 15) is 4.79 Å². The van der Waals surface area contributed by atoms with Crippen LogP contribution >= 0.6 is 23.2 Å². The number of benzene rings is 1. The molecule has 0 radical (unpaired) electrons. The monoisotopic (exact) mass is 299 g/mol. The lowest BCUT2D eigenvalue weighted by Crippen LogP contribution is -2.42. The molecule has 2 rings (SSSR count). The molecule has 1 amide bonds. The van der Waals surface area contributed by atoms with Gasteiger partial charge in [0.1, 0.15) is 0 Å². The summed E-state index contributed by atoms with van der Waals surface area (Å²) in [6.45, 7) is 2.22. The van der Waals surface area contributed by atoms with E-state index in [0.717, 1.165) is 6.42 Å². The average molecular weight is 300 g/mol. The highest BCUT2D eigenvalue weighted by Crippen LogP contribution is 2.29. The lowest BCUT2D eigenvalue weighted by Gasteiger charge is -2.36. The van der Waals surface area contributed by atoms with Crippen molar-refractivity contribution in [3.63, 3.8) is 0 Å². The molecule has 1 fully saturated rings.